The van der Waals surface area contributed by atoms with Crippen molar-refractivity contribution in [1.82, 2.24) is 9.55 Å². The average Bonchev–Trinajstić information content (AvgIpc) is 2.71. The lowest BCUT2D eigenvalue weighted by Crippen LogP contribution is -2.23. The molecule has 2 aromatic rings. The monoisotopic (exact) mass is 257 g/mol. The molecule has 0 atom stereocenters. The van der Waals surface area contributed by atoms with Crippen LogP contribution in [0.3, 0.4) is 0 Å². The molecule has 3 N–H and O–H groups in total. The van der Waals surface area contributed by atoms with Gasteiger partial charge in [-0.3, -0.25) is 0 Å². The van der Waals surface area contributed by atoms with Gasteiger partial charge in [0.15, 0.2) is 5.96 Å². The van der Waals surface area contributed by atoms with Gasteiger partial charge in [-0.1, -0.05) is 6.07 Å². The zero-order valence-corrected chi connectivity index (χ0v) is 11.5. The Kier molecular flexibility index (Phi) is 3.85. The minimum Gasteiger partial charge on any atom is -0.370 e. The minimum atomic E-state index is 0.396. The normalized spacial score (nSPS) is 11.6. The molecule has 0 saturated carbocycles. The lowest BCUT2D eigenvalue weighted by atomic mass is 10.1. The molecule has 0 aliphatic heterocycles. The summed E-state index contributed by atoms with van der Waals surface area (Å²) in [5.74, 6) is 1.28. The van der Waals surface area contributed by atoms with Gasteiger partial charge in [0.05, 0.1) is 0 Å². The van der Waals surface area contributed by atoms with Crippen LogP contribution in [0.25, 0.3) is 0 Å². The third-order valence-corrected chi connectivity index (χ3v) is 2.81. The quantitative estimate of drug-likeness (QED) is 0.652. The number of hydrogen-bond donors (Lipinski definition) is 2. The lowest BCUT2D eigenvalue weighted by Gasteiger charge is -2.08. The van der Waals surface area contributed by atoms with Crippen LogP contribution in [0.5, 0.6) is 0 Å². The summed E-state index contributed by atoms with van der Waals surface area (Å²) >= 11 is 0. The van der Waals surface area contributed by atoms with Crippen LogP contribution in [-0.4, -0.2) is 15.5 Å². The van der Waals surface area contributed by atoms with Crippen molar-refractivity contribution in [2.75, 3.05) is 5.32 Å². The van der Waals surface area contributed by atoms with E-state index in [0.29, 0.717) is 12.5 Å². The predicted molar refractivity (Wildman–Crippen MR) is 78.1 cm³/mol. The number of rotatable bonds is 3. The second-order valence-electron chi connectivity index (χ2n) is 4.66. The van der Waals surface area contributed by atoms with Crippen LogP contribution in [0, 0.1) is 13.8 Å². The summed E-state index contributed by atoms with van der Waals surface area (Å²) in [5, 5.41) is 3.10. The Morgan fingerprint density at radius 3 is 2.58 bits per heavy atom. The zero-order valence-electron chi connectivity index (χ0n) is 11.5. The van der Waals surface area contributed by atoms with Gasteiger partial charge in [-0.2, -0.15) is 0 Å². The van der Waals surface area contributed by atoms with Gasteiger partial charge in [0.1, 0.15) is 12.4 Å². The molecular weight excluding hydrogens is 238 g/mol. The SMILES string of the molecule is Cc1cc(C)cc(NC(N)=NCc2nccn2C)c1. The maximum absolute atomic E-state index is 5.87. The van der Waals surface area contributed by atoms with Crippen molar-refractivity contribution in [3.8, 4) is 0 Å². The van der Waals surface area contributed by atoms with Crippen LogP contribution >= 0.6 is 0 Å². The fraction of sp³-hybridized carbons (Fsp3) is 0.286. The third-order valence-electron chi connectivity index (χ3n) is 2.81. The topological polar surface area (TPSA) is 68.2 Å². The Bertz CT molecular complexity index is 577. The van der Waals surface area contributed by atoms with Crippen molar-refractivity contribution in [2.45, 2.75) is 20.4 Å². The summed E-state index contributed by atoms with van der Waals surface area (Å²) in [6.45, 7) is 4.58. The number of nitrogens with one attached hydrogen (secondary N) is 1. The number of guanidine groups is 1. The Morgan fingerprint density at radius 1 is 1.32 bits per heavy atom. The van der Waals surface area contributed by atoms with E-state index in [1.165, 1.54) is 11.1 Å². The molecule has 0 amide bonds. The first-order valence-corrected chi connectivity index (χ1v) is 6.16. The fourth-order valence-electron chi connectivity index (χ4n) is 1.94. The summed E-state index contributed by atoms with van der Waals surface area (Å²) < 4.78 is 1.92. The van der Waals surface area contributed by atoms with Crippen molar-refractivity contribution < 1.29 is 0 Å². The number of nitrogens with two attached hydrogens (primary N) is 1. The van der Waals surface area contributed by atoms with Gasteiger partial charge < -0.3 is 15.6 Å². The summed E-state index contributed by atoms with van der Waals surface area (Å²) in [7, 11) is 1.94. The van der Waals surface area contributed by atoms with Crippen molar-refractivity contribution in [3.05, 3.63) is 47.5 Å². The molecular formula is C14H19N5. The number of anilines is 1. The smallest absolute Gasteiger partial charge is 0.193 e. The van der Waals surface area contributed by atoms with Gasteiger partial charge in [-0.05, 0) is 37.1 Å². The fourth-order valence-corrected chi connectivity index (χ4v) is 1.94. The van der Waals surface area contributed by atoms with E-state index in [9.17, 15) is 0 Å². The standard InChI is InChI=1S/C14H19N5/c1-10-6-11(2)8-12(7-10)18-14(15)17-9-13-16-4-5-19(13)3/h4-8H,9H2,1-3H3,(H3,15,17,18). The maximum Gasteiger partial charge on any atom is 0.193 e. The van der Waals surface area contributed by atoms with Gasteiger partial charge in [0.2, 0.25) is 0 Å². The lowest BCUT2D eigenvalue weighted by molar-refractivity contribution is 0.793. The number of aryl methyl sites for hydroxylation is 3. The Labute approximate surface area is 113 Å². The highest BCUT2D eigenvalue weighted by Gasteiger charge is 2.00. The van der Waals surface area contributed by atoms with Gasteiger partial charge in [0, 0.05) is 25.1 Å². The summed E-state index contributed by atoms with van der Waals surface area (Å²) in [6.07, 6.45) is 3.64. The molecule has 1 aromatic heterocycles. The first kappa shape index (κ1) is 13.1. The largest absolute Gasteiger partial charge is 0.370 e. The van der Waals surface area contributed by atoms with Crippen molar-refractivity contribution in [2.24, 2.45) is 17.8 Å². The number of nitrogens with zero attached hydrogens (tertiary/aromatic N) is 3. The molecule has 5 heteroatoms. The summed E-state index contributed by atoms with van der Waals surface area (Å²) in [4.78, 5) is 8.48. The molecule has 0 saturated heterocycles. The molecule has 0 bridgehead atoms. The molecule has 0 aliphatic carbocycles. The molecule has 2 rings (SSSR count). The molecule has 1 aromatic carbocycles. The number of hydrogen-bond acceptors (Lipinski definition) is 2. The molecule has 0 fully saturated rings. The molecule has 0 radical (unpaired) electrons. The van der Waals surface area contributed by atoms with Crippen LogP contribution < -0.4 is 11.1 Å². The van der Waals surface area contributed by atoms with Gasteiger partial charge in [-0.15, -0.1) is 0 Å². The van der Waals surface area contributed by atoms with Gasteiger partial charge in [-0.25, -0.2) is 9.98 Å². The first-order valence-electron chi connectivity index (χ1n) is 6.16. The molecule has 19 heavy (non-hydrogen) atoms. The van der Waals surface area contributed by atoms with E-state index in [1.807, 2.05) is 29.9 Å². The zero-order chi connectivity index (χ0) is 13.8. The van der Waals surface area contributed by atoms with E-state index < -0.39 is 0 Å². The van der Waals surface area contributed by atoms with Crippen molar-refractivity contribution in [3.63, 3.8) is 0 Å². The average molecular weight is 257 g/mol. The van der Waals surface area contributed by atoms with Crippen molar-refractivity contribution in [1.29, 1.82) is 0 Å². The molecule has 0 spiro atoms. The number of benzene rings is 1. The van der Waals surface area contributed by atoms with Gasteiger partial charge in [0.25, 0.3) is 0 Å². The van der Waals surface area contributed by atoms with E-state index in [1.54, 1.807) is 6.20 Å². The van der Waals surface area contributed by atoms with E-state index in [-0.39, 0.29) is 0 Å². The Morgan fingerprint density at radius 2 is 2.00 bits per heavy atom. The second-order valence-corrected chi connectivity index (χ2v) is 4.66. The number of aromatic nitrogens is 2. The molecule has 5 nitrogen and oxygen atoms in total. The molecule has 0 unspecified atom stereocenters. The highest BCUT2D eigenvalue weighted by atomic mass is 15.1. The van der Waals surface area contributed by atoms with Crippen molar-refractivity contribution >= 4 is 11.6 Å². The predicted octanol–water partition coefficient (Wildman–Crippen LogP) is 1.96. The van der Waals surface area contributed by atoms with E-state index >= 15 is 0 Å². The van der Waals surface area contributed by atoms with Gasteiger partial charge >= 0.3 is 0 Å². The summed E-state index contributed by atoms with van der Waals surface area (Å²) in [6, 6.07) is 6.19. The first-order chi connectivity index (χ1) is 9.04. The third kappa shape index (κ3) is 3.58. The highest BCUT2D eigenvalue weighted by molar-refractivity contribution is 5.92. The minimum absolute atomic E-state index is 0.396. The Balaban J connectivity index is 2.04. The molecule has 1 heterocycles. The number of imidazole rings is 1. The van der Waals surface area contributed by atoms with Crippen LogP contribution in [-0.2, 0) is 13.6 Å². The van der Waals surface area contributed by atoms with E-state index in [4.69, 9.17) is 5.73 Å². The summed E-state index contributed by atoms with van der Waals surface area (Å²) in [5.41, 5.74) is 9.22. The highest BCUT2D eigenvalue weighted by Crippen LogP contribution is 2.13. The number of aliphatic imine (C=N–C) groups is 1. The Hall–Kier alpha value is -2.30. The van der Waals surface area contributed by atoms with Crippen LogP contribution in [0.2, 0.25) is 0 Å². The van der Waals surface area contributed by atoms with E-state index in [2.05, 4.69) is 35.2 Å². The van der Waals surface area contributed by atoms with E-state index in [0.717, 1.165) is 11.5 Å². The molecule has 100 valence electrons. The molecule has 0 aliphatic rings. The second kappa shape index (κ2) is 5.56. The maximum atomic E-state index is 5.87. The van der Waals surface area contributed by atoms with Crippen LogP contribution in [0.4, 0.5) is 5.69 Å². The van der Waals surface area contributed by atoms with Crippen LogP contribution in [0.15, 0.2) is 35.6 Å². The van der Waals surface area contributed by atoms with Crippen LogP contribution in [0.1, 0.15) is 17.0 Å².